The lowest BCUT2D eigenvalue weighted by Gasteiger charge is -2.49. The fourth-order valence-corrected chi connectivity index (χ4v) is 3.84. The van der Waals surface area contributed by atoms with Crippen LogP contribution >= 0.6 is 0 Å². The van der Waals surface area contributed by atoms with Crippen molar-refractivity contribution in [2.24, 2.45) is 0 Å². The first-order valence-electron chi connectivity index (χ1n) is 9.60. The van der Waals surface area contributed by atoms with Gasteiger partial charge in [0.15, 0.2) is 0 Å². The van der Waals surface area contributed by atoms with E-state index in [9.17, 15) is 4.79 Å². The number of pyridine rings is 1. The number of rotatable bonds is 6. The molecule has 1 N–H and O–H groups in total. The van der Waals surface area contributed by atoms with Crippen molar-refractivity contribution in [1.82, 2.24) is 15.2 Å². The molecule has 1 aromatic heterocycles. The average molecular weight is 375 g/mol. The van der Waals surface area contributed by atoms with Gasteiger partial charge in [0.1, 0.15) is 5.75 Å². The third kappa shape index (κ3) is 3.34. The predicted molar refractivity (Wildman–Crippen MR) is 110 cm³/mol. The molecule has 1 aliphatic heterocycles. The number of hydrogen-bond acceptors (Lipinski definition) is 4. The first kappa shape index (κ1) is 18.4. The molecule has 0 aliphatic carbocycles. The number of fused-ring (bicyclic) bond motifs is 1. The van der Waals surface area contributed by atoms with Gasteiger partial charge in [-0.15, -0.1) is 0 Å². The van der Waals surface area contributed by atoms with Crippen LogP contribution in [-0.4, -0.2) is 35.0 Å². The molecule has 1 saturated heterocycles. The Balaban J connectivity index is 1.50. The molecule has 1 atom stereocenters. The zero-order valence-electron chi connectivity index (χ0n) is 16.3. The Morgan fingerprint density at radius 1 is 1.14 bits per heavy atom. The van der Waals surface area contributed by atoms with Gasteiger partial charge in [0.2, 0.25) is 5.91 Å². The second kappa shape index (κ2) is 7.60. The summed E-state index contributed by atoms with van der Waals surface area (Å²) in [6.45, 7) is 4.12. The minimum atomic E-state index is -0.490. The number of aromatic nitrogens is 1. The lowest BCUT2D eigenvalue weighted by molar-refractivity contribution is -0.142. The largest absolute Gasteiger partial charge is 0.496 e. The fraction of sp³-hybridized carbons (Fsp3) is 0.304. The monoisotopic (exact) mass is 375 g/mol. The second-order valence-electron chi connectivity index (χ2n) is 7.42. The Morgan fingerprint density at radius 3 is 2.61 bits per heavy atom. The number of amides is 1. The summed E-state index contributed by atoms with van der Waals surface area (Å²) in [5.41, 5.74) is 1.59. The molecule has 3 aromatic rings. The van der Waals surface area contributed by atoms with Gasteiger partial charge in [-0.1, -0.05) is 36.4 Å². The van der Waals surface area contributed by atoms with Crippen molar-refractivity contribution < 1.29 is 9.53 Å². The Morgan fingerprint density at radius 2 is 1.93 bits per heavy atom. The molecule has 0 saturated carbocycles. The van der Waals surface area contributed by atoms with Crippen molar-refractivity contribution in [2.45, 2.75) is 32.0 Å². The summed E-state index contributed by atoms with van der Waals surface area (Å²) in [4.78, 5) is 19.4. The Labute approximate surface area is 165 Å². The molecule has 2 aromatic carbocycles. The summed E-state index contributed by atoms with van der Waals surface area (Å²) in [7, 11) is 1.69. The van der Waals surface area contributed by atoms with E-state index in [-0.39, 0.29) is 5.91 Å². The number of benzene rings is 2. The van der Waals surface area contributed by atoms with Crippen LogP contribution in [0, 0.1) is 0 Å². The molecule has 1 fully saturated rings. The van der Waals surface area contributed by atoms with Crippen LogP contribution in [0.15, 0.2) is 60.8 Å². The highest BCUT2D eigenvalue weighted by Crippen LogP contribution is 2.35. The summed E-state index contributed by atoms with van der Waals surface area (Å²) in [5, 5.41) is 5.32. The van der Waals surface area contributed by atoms with E-state index in [0.29, 0.717) is 6.54 Å². The fourth-order valence-electron chi connectivity index (χ4n) is 3.84. The molecule has 0 spiro atoms. The van der Waals surface area contributed by atoms with Crippen LogP contribution in [0.1, 0.15) is 24.6 Å². The van der Waals surface area contributed by atoms with E-state index in [1.54, 1.807) is 13.3 Å². The molecule has 28 heavy (non-hydrogen) atoms. The first-order valence-corrected chi connectivity index (χ1v) is 9.60. The van der Waals surface area contributed by atoms with E-state index in [4.69, 9.17) is 4.74 Å². The van der Waals surface area contributed by atoms with Gasteiger partial charge in [-0.3, -0.25) is 14.7 Å². The Bertz CT molecular complexity index is 990. The molecule has 5 heteroatoms. The molecule has 5 nitrogen and oxygen atoms in total. The van der Waals surface area contributed by atoms with Gasteiger partial charge >= 0.3 is 0 Å². The van der Waals surface area contributed by atoms with Crippen LogP contribution in [0.4, 0.5) is 0 Å². The van der Waals surface area contributed by atoms with Crippen LogP contribution < -0.4 is 10.1 Å². The van der Waals surface area contributed by atoms with E-state index in [1.807, 2.05) is 43.3 Å². The minimum absolute atomic E-state index is 0.0576. The van der Waals surface area contributed by atoms with Crippen LogP contribution in [0.2, 0.25) is 0 Å². The van der Waals surface area contributed by atoms with Crippen molar-refractivity contribution in [2.75, 3.05) is 13.7 Å². The molecule has 1 aliphatic rings. The van der Waals surface area contributed by atoms with E-state index < -0.39 is 5.54 Å². The third-order valence-corrected chi connectivity index (χ3v) is 5.77. The van der Waals surface area contributed by atoms with Crippen LogP contribution in [-0.2, 0) is 17.9 Å². The maximum Gasteiger partial charge on any atom is 0.240 e. The molecular formula is C23H25N3O2. The van der Waals surface area contributed by atoms with Gasteiger partial charge in [-0.05, 0) is 42.5 Å². The van der Waals surface area contributed by atoms with Gasteiger partial charge < -0.3 is 10.1 Å². The Hall–Kier alpha value is -2.92. The number of carbonyl (C=O) groups excluding carboxylic acids is 1. The standard InChI is InChI=1S/C23H25N3O2/c1-23(22(27)25-15-18-7-5-6-13-24-18)12-14-26(23)16-17-10-11-21(28-2)20-9-4-3-8-19(17)20/h3-11,13H,12,14-16H2,1-2H3,(H,25,27). The van der Waals surface area contributed by atoms with E-state index in [0.717, 1.165) is 36.3 Å². The summed E-state index contributed by atoms with van der Waals surface area (Å²) < 4.78 is 5.50. The lowest BCUT2D eigenvalue weighted by Crippen LogP contribution is -2.65. The van der Waals surface area contributed by atoms with Crippen molar-refractivity contribution in [1.29, 1.82) is 0 Å². The SMILES string of the molecule is COc1ccc(CN2CCC2(C)C(=O)NCc2ccccn2)c2ccccc12. The van der Waals surface area contributed by atoms with Crippen molar-refractivity contribution in [3.05, 3.63) is 72.1 Å². The second-order valence-corrected chi connectivity index (χ2v) is 7.42. The molecule has 144 valence electrons. The molecular weight excluding hydrogens is 350 g/mol. The Kier molecular flexibility index (Phi) is 5.01. The normalized spacial score (nSPS) is 19.2. The maximum atomic E-state index is 12.9. The highest BCUT2D eigenvalue weighted by Gasteiger charge is 2.46. The number of methoxy groups -OCH3 is 1. The van der Waals surface area contributed by atoms with Crippen LogP contribution in [0.3, 0.4) is 0 Å². The third-order valence-electron chi connectivity index (χ3n) is 5.77. The van der Waals surface area contributed by atoms with Gasteiger partial charge in [-0.2, -0.15) is 0 Å². The molecule has 2 heterocycles. The topological polar surface area (TPSA) is 54.5 Å². The summed E-state index contributed by atoms with van der Waals surface area (Å²) in [6.07, 6.45) is 2.60. The highest BCUT2D eigenvalue weighted by atomic mass is 16.5. The molecule has 1 unspecified atom stereocenters. The van der Waals surface area contributed by atoms with Gasteiger partial charge in [0.25, 0.3) is 0 Å². The number of likely N-dealkylation sites (tertiary alicyclic amines) is 1. The van der Waals surface area contributed by atoms with Gasteiger partial charge in [-0.25, -0.2) is 0 Å². The zero-order chi connectivity index (χ0) is 19.6. The minimum Gasteiger partial charge on any atom is -0.496 e. The molecule has 0 bridgehead atoms. The van der Waals surface area contributed by atoms with Gasteiger partial charge in [0, 0.05) is 24.7 Å². The lowest BCUT2D eigenvalue weighted by atomic mass is 9.84. The number of nitrogens with zero attached hydrogens (tertiary/aromatic N) is 2. The predicted octanol–water partition coefficient (Wildman–Crippen LogP) is 3.52. The van der Waals surface area contributed by atoms with E-state index in [2.05, 4.69) is 33.4 Å². The number of nitrogens with one attached hydrogen (secondary N) is 1. The summed E-state index contributed by atoms with van der Waals surface area (Å²) >= 11 is 0. The molecule has 4 rings (SSSR count). The summed E-state index contributed by atoms with van der Waals surface area (Å²) in [5.74, 6) is 0.932. The quantitative estimate of drug-likeness (QED) is 0.716. The van der Waals surface area contributed by atoms with E-state index in [1.165, 1.54) is 10.9 Å². The van der Waals surface area contributed by atoms with E-state index >= 15 is 0 Å². The van der Waals surface area contributed by atoms with Crippen molar-refractivity contribution >= 4 is 16.7 Å². The van der Waals surface area contributed by atoms with Crippen molar-refractivity contribution in [3.63, 3.8) is 0 Å². The van der Waals surface area contributed by atoms with Gasteiger partial charge in [0.05, 0.1) is 24.9 Å². The average Bonchev–Trinajstić information content (AvgIpc) is 2.75. The number of ether oxygens (including phenoxy) is 1. The summed E-state index contributed by atoms with van der Waals surface area (Å²) in [6, 6.07) is 18.1. The number of carbonyl (C=O) groups is 1. The zero-order valence-corrected chi connectivity index (χ0v) is 16.3. The first-order chi connectivity index (χ1) is 13.6. The maximum absolute atomic E-state index is 12.9. The van der Waals surface area contributed by atoms with Crippen LogP contribution in [0.5, 0.6) is 5.75 Å². The van der Waals surface area contributed by atoms with Crippen LogP contribution in [0.25, 0.3) is 10.8 Å². The smallest absolute Gasteiger partial charge is 0.240 e. The highest BCUT2D eigenvalue weighted by molar-refractivity contribution is 5.91. The molecule has 1 amide bonds. The van der Waals surface area contributed by atoms with Crippen molar-refractivity contribution in [3.8, 4) is 5.75 Å². The molecule has 0 radical (unpaired) electrons. The number of hydrogen-bond donors (Lipinski definition) is 1.